The summed E-state index contributed by atoms with van der Waals surface area (Å²) in [6, 6.07) is 0. The Morgan fingerprint density at radius 1 is 1.64 bits per heavy atom. The molecule has 0 saturated heterocycles. The second kappa shape index (κ2) is 3.53. The molecule has 0 bridgehead atoms. The minimum atomic E-state index is 0.758. The standard InChI is InChI=1S/C8H15N3/c1-7-8(4-3-5-9)6-10-11(7)2/h6H,3-5,9H2,1-2H3. The molecule has 1 aromatic heterocycles. The molecule has 62 valence electrons. The van der Waals surface area contributed by atoms with E-state index in [4.69, 9.17) is 5.73 Å². The lowest BCUT2D eigenvalue weighted by Gasteiger charge is -1.97. The maximum Gasteiger partial charge on any atom is 0.0524 e. The Morgan fingerprint density at radius 3 is 2.82 bits per heavy atom. The fourth-order valence-corrected chi connectivity index (χ4v) is 1.08. The molecule has 0 aliphatic rings. The van der Waals surface area contributed by atoms with Crippen molar-refractivity contribution < 1.29 is 0 Å². The fourth-order valence-electron chi connectivity index (χ4n) is 1.08. The summed E-state index contributed by atoms with van der Waals surface area (Å²) in [6.45, 7) is 2.84. The lowest BCUT2D eigenvalue weighted by molar-refractivity contribution is 0.735. The van der Waals surface area contributed by atoms with E-state index in [1.165, 1.54) is 11.3 Å². The molecule has 0 radical (unpaired) electrons. The van der Waals surface area contributed by atoms with Crippen molar-refractivity contribution in [1.82, 2.24) is 9.78 Å². The zero-order valence-corrected chi connectivity index (χ0v) is 7.17. The first-order valence-electron chi connectivity index (χ1n) is 3.93. The number of rotatable bonds is 3. The number of hydrogen-bond acceptors (Lipinski definition) is 2. The summed E-state index contributed by atoms with van der Waals surface area (Å²) in [5, 5.41) is 4.14. The third-order valence-electron chi connectivity index (χ3n) is 1.99. The normalized spacial score (nSPS) is 10.5. The van der Waals surface area contributed by atoms with Gasteiger partial charge in [0.25, 0.3) is 0 Å². The summed E-state index contributed by atoms with van der Waals surface area (Å²) < 4.78 is 1.89. The minimum absolute atomic E-state index is 0.758. The first kappa shape index (κ1) is 8.27. The zero-order valence-electron chi connectivity index (χ0n) is 7.17. The molecule has 11 heavy (non-hydrogen) atoms. The topological polar surface area (TPSA) is 43.8 Å². The van der Waals surface area contributed by atoms with Gasteiger partial charge < -0.3 is 5.73 Å². The SMILES string of the molecule is Cc1c(CCCN)cnn1C. The third kappa shape index (κ3) is 1.80. The van der Waals surface area contributed by atoms with E-state index in [1.54, 1.807) is 0 Å². The van der Waals surface area contributed by atoms with Crippen molar-refractivity contribution in [2.24, 2.45) is 12.8 Å². The van der Waals surface area contributed by atoms with Crippen LogP contribution in [-0.4, -0.2) is 16.3 Å². The smallest absolute Gasteiger partial charge is 0.0524 e. The third-order valence-corrected chi connectivity index (χ3v) is 1.99. The molecule has 3 nitrogen and oxygen atoms in total. The second-order valence-electron chi connectivity index (χ2n) is 2.77. The van der Waals surface area contributed by atoms with Crippen molar-refractivity contribution >= 4 is 0 Å². The summed E-state index contributed by atoms with van der Waals surface area (Å²) in [5.41, 5.74) is 7.97. The van der Waals surface area contributed by atoms with E-state index >= 15 is 0 Å². The Hall–Kier alpha value is -0.830. The molecule has 0 spiro atoms. The Bertz CT molecular complexity index is 227. The van der Waals surface area contributed by atoms with Gasteiger partial charge in [0.1, 0.15) is 0 Å². The van der Waals surface area contributed by atoms with Gasteiger partial charge in [0, 0.05) is 12.7 Å². The predicted octanol–water partition coefficient (Wildman–Crippen LogP) is 0.620. The molecule has 3 heteroatoms. The Balaban J connectivity index is 2.63. The van der Waals surface area contributed by atoms with Gasteiger partial charge in [-0.2, -0.15) is 5.10 Å². The van der Waals surface area contributed by atoms with Gasteiger partial charge in [-0.05, 0) is 31.9 Å². The highest BCUT2D eigenvalue weighted by atomic mass is 15.3. The van der Waals surface area contributed by atoms with Crippen LogP contribution in [-0.2, 0) is 13.5 Å². The van der Waals surface area contributed by atoms with Gasteiger partial charge in [0.15, 0.2) is 0 Å². The van der Waals surface area contributed by atoms with Crippen molar-refractivity contribution in [2.45, 2.75) is 19.8 Å². The van der Waals surface area contributed by atoms with Crippen LogP contribution in [0.3, 0.4) is 0 Å². The van der Waals surface area contributed by atoms with Crippen LogP contribution in [0.4, 0.5) is 0 Å². The van der Waals surface area contributed by atoms with E-state index in [0.717, 1.165) is 19.4 Å². The molecule has 0 unspecified atom stereocenters. The first-order chi connectivity index (χ1) is 5.25. The highest BCUT2D eigenvalue weighted by Crippen LogP contribution is 2.07. The molecular formula is C8H15N3. The van der Waals surface area contributed by atoms with Crippen molar-refractivity contribution in [3.8, 4) is 0 Å². The van der Waals surface area contributed by atoms with Gasteiger partial charge >= 0.3 is 0 Å². The molecule has 1 heterocycles. The predicted molar refractivity (Wildman–Crippen MR) is 45.3 cm³/mol. The van der Waals surface area contributed by atoms with Crippen molar-refractivity contribution in [1.29, 1.82) is 0 Å². The van der Waals surface area contributed by atoms with Crippen LogP contribution < -0.4 is 5.73 Å². The monoisotopic (exact) mass is 153 g/mol. The molecular weight excluding hydrogens is 138 g/mol. The van der Waals surface area contributed by atoms with Crippen LogP contribution in [0.2, 0.25) is 0 Å². The van der Waals surface area contributed by atoms with Crippen LogP contribution in [0.5, 0.6) is 0 Å². The van der Waals surface area contributed by atoms with E-state index in [0.29, 0.717) is 0 Å². The van der Waals surface area contributed by atoms with Gasteiger partial charge in [-0.15, -0.1) is 0 Å². The fraction of sp³-hybridized carbons (Fsp3) is 0.625. The van der Waals surface area contributed by atoms with E-state index in [9.17, 15) is 0 Å². The van der Waals surface area contributed by atoms with Crippen LogP contribution in [0.1, 0.15) is 17.7 Å². The van der Waals surface area contributed by atoms with Crippen LogP contribution in [0, 0.1) is 6.92 Å². The molecule has 0 amide bonds. The largest absolute Gasteiger partial charge is 0.330 e. The van der Waals surface area contributed by atoms with Gasteiger partial charge in [-0.1, -0.05) is 0 Å². The van der Waals surface area contributed by atoms with Crippen molar-refractivity contribution in [3.05, 3.63) is 17.5 Å². The summed E-state index contributed by atoms with van der Waals surface area (Å²) >= 11 is 0. The Kier molecular flexibility index (Phi) is 2.65. The van der Waals surface area contributed by atoms with Crippen LogP contribution >= 0.6 is 0 Å². The molecule has 1 rings (SSSR count). The number of nitrogens with two attached hydrogens (primary N) is 1. The minimum Gasteiger partial charge on any atom is -0.330 e. The maximum atomic E-state index is 5.41. The molecule has 0 fully saturated rings. The molecule has 0 aliphatic carbocycles. The summed E-state index contributed by atoms with van der Waals surface area (Å²) in [5.74, 6) is 0. The summed E-state index contributed by atoms with van der Waals surface area (Å²) in [7, 11) is 1.96. The average molecular weight is 153 g/mol. The van der Waals surface area contributed by atoms with E-state index in [2.05, 4.69) is 12.0 Å². The van der Waals surface area contributed by atoms with Gasteiger partial charge in [-0.25, -0.2) is 0 Å². The highest BCUT2D eigenvalue weighted by Gasteiger charge is 2.01. The van der Waals surface area contributed by atoms with Crippen molar-refractivity contribution in [3.63, 3.8) is 0 Å². The molecule has 0 atom stereocenters. The number of aromatic nitrogens is 2. The second-order valence-corrected chi connectivity index (χ2v) is 2.77. The Labute approximate surface area is 67.2 Å². The van der Waals surface area contributed by atoms with E-state index < -0.39 is 0 Å². The molecule has 0 aromatic carbocycles. The lowest BCUT2D eigenvalue weighted by Crippen LogP contribution is -2.01. The lowest BCUT2D eigenvalue weighted by atomic mass is 10.1. The van der Waals surface area contributed by atoms with Crippen LogP contribution in [0.15, 0.2) is 6.20 Å². The number of nitrogens with zero attached hydrogens (tertiary/aromatic N) is 2. The molecule has 0 saturated carbocycles. The highest BCUT2D eigenvalue weighted by molar-refractivity contribution is 5.15. The number of aryl methyl sites for hydroxylation is 2. The van der Waals surface area contributed by atoms with E-state index in [1.807, 2.05) is 17.9 Å². The quantitative estimate of drug-likeness (QED) is 0.691. The Morgan fingerprint density at radius 2 is 2.36 bits per heavy atom. The van der Waals surface area contributed by atoms with Gasteiger partial charge in [0.2, 0.25) is 0 Å². The van der Waals surface area contributed by atoms with Gasteiger partial charge in [-0.3, -0.25) is 4.68 Å². The molecule has 2 N–H and O–H groups in total. The summed E-state index contributed by atoms with van der Waals surface area (Å²) in [4.78, 5) is 0. The molecule has 0 aliphatic heterocycles. The summed E-state index contributed by atoms with van der Waals surface area (Å²) in [6.07, 6.45) is 4.02. The van der Waals surface area contributed by atoms with Gasteiger partial charge in [0.05, 0.1) is 6.20 Å². The van der Waals surface area contributed by atoms with Crippen LogP contribution in [0.25, 0.3) is 0 Å². The van der Waals surface area contributed by atoms with E-state index in [-0.39, 0.29) is 0 Å². The zero-order chi connectivity index (χ0) is 8.27. The number of hydrogen-bond donors (Lipinski definition) is 1. The maximum absolute atomic E-state index is 5.41. The first-order valence-corrected chi connectivity index (χ1v) is 3.93. The molecule has 1 aromatic rings. The average Bonchev–Trinajstić information content (AvgIpc) is 2.31. The van der Waals surface area contributed by atoms with Crippen molar-refractivity contribution in [2.75, 3.05) is 6.54 Å².